The molecule has 134 valence electrons. The van der Waals surface area contributed by atoms with Gasteiger partial charge in [0.1, 0.15) is 17.9 Å². The Labute approximate surface area is 174 Å². The molecule has 0 radical (unpaired) electrons. The molecule has 0 amide bonds. The van der Waals surface area contributed by atoms with Gasteiger partial charge in [0, 0.05) is 18.2 Å². The average molecular weight is 452 g/mol. The average Bonchev–Trinajstić information content (AvgIpc) is 2.59. The van der Waals surface area contributed by atoms with E-state index in [1.165, 1.54) is 44.6 Å². The van der Waals surface area contributed by atoms with Crippen molar-refractivity contribution in [2.45, 2.75) is 6.42 Å². The van der Waals surface area contributed by atoms with E-state index in [2.05, 4.69) is 15.0 Å². The molecule has 12 heteroatoms. The van der Waals surface area contributed by atoms with Crippen LogP contribution in [0.3, 0.4) is 0 Å². The molecule has 1 aromatic rings. The van der Waals surface area contributed by atoms with Crippen molar-refractivity contribution in [2.75, 3.05) is 14.2 Å². The maximum Gasteiger partial charge on any atom is 2.00 e. The van der Waals surface area contributed by atoms with Gasteiger partial charge in [-0.05, 0) is 12.1 Å². The van der Waals surface area contributed by atoms with Crippen LogP contribution < -0.4 is 24.8 Å². The molecule has 1 aliphatic rings. The topological polar surface area (TPSA) is 123 Å². The zero-order valence-electron chi connectivity index (χ0n) is 13.9. The normalized spacial score (nSPS) is 12.8. The van der Waals surface area contributed by atoms with Crippen molar-refractivity contribution in [2.24, 2.45) is 10.2 Å². The smallest absolute Gasteiger partial charge is 1.00 e. The van der Waals surface area contributed by atoms with Crippen molar-refractivity contribution in [3.8, 4) is 0 Å². The monoisotopic (exact) mass is 449 g/mol. The van der Waals surface area contributed by atoms with Crippen LogP contribution in [0, 0.1) is 10.1 Å². The molecule has 0 heterocycles. The van der Waals surface area contributed by atoms with Gasteiger partial charge in [0.2, 0.25) is 5.76 Å². The number of rotatable bonds is 5. The minimum Gasteiger partial charge on any atom is -1.00 e. The van der Waals surface area contributed by atoms with E-state index in [1.54, 1.807) is 0 Å². The van der Waals surface area contributed by atoms with Crippen LogP contribution in [-0.2, 0) is 29.0 Å². The molecule has 0 fully saturated rings. The zero-order chi connectivity index (χ0) is 16.8. The van der Waals surface area contributed by atoms with Crippen LogP contribution in [-0.4, -0.2) is 29.6 Å². The number of azo groups is 1. The number of nitro groups is 1. The van der Waals surface area contributed by atoms with Crippen LogP contribution in [0.25, 0.3) is 5.53 Å². The fourth-order valence-electron chi connectivity index (χ4n) is 1.89. The Bertz CT molecular complexity index is 774. The molecule has 26 heavy (non-hydrogen) atoms. The summed E-state index contributed by atoms with van der Waals surface area (Å²) in [6, 6.07) is 5.65. The molecule has 0 N–H and O–H groups in total. The maximum absolute atomic E-state index is 10.6. The Hall–Kier alpha value is -2.12. The van der Waals surface area contributed by atoms with Gasteiger partial charge in [-0.15, -0.1) is 5.11 Å². The van der Waals surface area contributed by atoms with Crippen LogP contribution >= 0.6 is 0 Å². The molecule has 0 aliphatic heterocycles. The third-order valence-corrected chi connectivity index (χ3v) is 3.09. The number of nitro benzene ring substituents is 1. The molecule has 2 rings (SSSR count). The van der Waals surface area contributed by atoms with Gasteiger partial charge in [-0.3, -0.25) is 10.1 Å². The first-order valence-corrected chi connectivity index (χ1v) is 6.49. The predicted molar refractivity (Wildman–Crippen MR) is 80.0 cm³/mol. The Balaban J connectivity index is 0. The van der Waals surface area contributed by atoms with Crippen LogP contribution in [0.5, 0.6) is 0 Å². The molecule has 1 aromatic carbocycles. The number of halogens is 2. The maximum atomic E-state index is 10.6. The first kappa shape index (κ1) is 26.1. The van der Waals surface area contributed by atoms with Gasteiger partial charge in [0.15, 0.2) is 0 Å². The molecule has 1 aliphatic carbocycles. The van der Waals surface area contributed by atoms with E-state index in [-0.39, 0.29) is 56.4 Å². The van der Waals surface area contributed by atoms with E-state index in [1.807, 2.05) is 0 Å². The fraction of sp³-hybridized carbons (Fsp3) is 0.214. The van der Waals surface area contributed by atoms with Gasteiger partial charge < -0.3 is 39.8 Å². The van der Waals surface area contributed by atoms with E-state index >= 15 is 0 Å². The van der Waals surface area contributed by atoms with E-state index in [0.717, 1.165) is 0 Å². The SMILES string of the molecule is COC1=CC(N=Nc2ccc([N+](=O)[O-])cc2)=C(OC)CC1=[N+]=[N-].[Cl-].[Cl-].[Zn+2]. The van der Waals surface area contributed by atoms with Gasteiger partial charge in [-0.1, -0.05) is 0 Å². The number of ether oxygens (including phenoxy) is 2. The first-order valence-electron chi connectivity index (χ1n) is 6.49. The summed E-state index contributed by atoms with van der Waals surface area (Å²) in [6.07, 6.45) is 1.74. The number of nitrogens with zero attached hydrogens (tertiary/aromatic N) is 5. The van der Waals surface area contributed by atoms with Crippen molar-refractivity contribution in [1.29, 1.82) is 0 Å². The van der Waals surface area contributed by atoms with Crippen LogP contribution in [0.4, 0.5) is 11.4 Å². The Morgan fingerprint density at radius 1 is 1.15 bits per heavy atom. The number of hydrogen-bond donors (Lipinski definition) is 0. The quantitative estimate of drug-likeness (QED) is 0.157. The summed E-state index contributed by atoms with van der Waals surface area (Å²) in [5.41, 5.74) is 10.1. The minimum atomic E-state index is -0.489. The largest absolute Gasteiger partial charge is 2.00 e. The van der Waals surface area contributed by atoms with Gasteiger partial charge in [-0.2, -0.15) is 9.90 Å². The number of hydrogen-bond acceptors (Lipinski definition) is 6. The fourth-order valence-corrected chi connectivity index (χ4v) is 1.89. The summed E-state index contributed by atoms with van der Waals surface area (Å²) >= 11 is 0. The second-order valence-electron chi connectivity index (χ2n) is 4.42. The van der Waals surface area contributed by atoms with Crippen LogP contribution in [0.2, 0.25) is 0 Å². The van der Waals surface area contributed by atoms with Crippen LogP contribution in [0.15, 0.2) is 57.8 Å². The van der Waals surface area contributed by atoms with E-state index in [0.29, 0.717) is 28.6 Å². The Kier molecular flexibility index (Phi) is 12.3. The van der Waals surface area contributed by atoms with Crippen molar-refractivity contribution >= 4 is 17.1 Å². The second-order valence-corrected chi connectivity index (χ2v) is 4.42. The van der Waals surface area contributed by atoms with Gasteiger partial charge in [0.05, 0.1) is 24.8 Å². The first-order chi connectivity index (χ1) is 11.1. The number of allylic oxidation sites excluding steroid dienone is 3. The molecule has 0 atom stereocenters. The summed E-state index contributed by atoms with van der Waals surface area (Å²) in [5.74, 6) is 0.815. The van der Waals surface area contributed by atoms with Gasteiger partial charge in [-0.25, -0.2) is 0 Å². The molecule has 0 spiro atoms. The second kappa shape index (κ2) is 12.3. The summed E-state index contributed by atoms with van der Waals surface area (Å²) in [6.45, 7) is 0. The predicted octanol–water partition coefficient (Wildman–Crippen LogP) is -2.85. The summed E-state index contributed by atoms with van der Waals surface area (Å²) < 4.78 is 10.3. The third-order valence-electron chi connectivity index (χ3n) is 3.09. The molecule has 0 aromatic heterocycles. The standard InChI is InChI=1S/C14H13N5O4.2ClH.Zn/c1-22-13-8-12(14(23-2)7-11(13)16-15)18-17-9-3-5-10(6-4-9)19(20)21;;;/h3-6,8H,7H2,1-2H3;2*1H;/q;;;+2/p-2. The van der Waals surface area contributed by atoms with Crippen molar-refractivity contribution in [3.63, 3.8) is 0 Å². The van der Waals surface area contributed by atoms with E-state index in [4.69, 9.17) is 15.0 Å². The molecule has 0 saturated carbocycles. The molecule has 0 saturated heterocycles. The van der Waals surface area contributed by atoms with E-state index < -0.39 is 4.92 Å². The van der Waals surface area contributed by atoms with Crippen molar-refractivity contribution in [3.05, 3.63) is 63.2 Å². The third kappa shape index (κ3) is 6.31. The molecule has 0 unspecified atom stereocenters. The van der Waals surface area contributed by atoms with Gasteiger partial charge in [0.25, 0.3) is 5.69 Å². The number of non-ortho nitro benzene ring substituents is 1. The Morgan fingerprint density at radius 3 is 2.23 bits per heavy atom. The van der Waals surface area contributed by atoms with Gasteiger partial charge >= 0.3 is 25.2 Å². The Morgan fingerprint density at radius 2 is 1.77 bits per heavy atom. The summed E-state index contributed by atoms with van der Waals surface area (Å²) in [5, 5.41) is 18.7. The van der Waals surface area contributed by atoms with Crippen molar-refractivity contribution < 1.29 is 63.5 Å². The summed E-state index contributed by atoms with van der Waals surface area (Å²) in [7, 11) is 2.91. The van der Waals surface area contributed by atoms with E-state index in [9.17, 15) is 10.1 Å². The number of benzene rings is 1. The van der Waals surface area contributed by atoms with Crippen LogP contribution in [0.1, 0.15) is 6.42 Å². The summed E-state index contributed by atoms with van der Waals surface area (Å²) in [4.78, 5) is 13.3. The van der Waals surface area contributed by atoms with Crippen molar-refractivity contribution in [1.82, 2.24) is 0 Å². The number of methoxy groups -OCH3 is 2. The molecular weight excluding hydrogens is 438 g/mol. The molecule has 0 bridgehead atoms. The molecular formula is C14H13Cl2N5O4Zn. The zero-order valence-corrected chi connectivity index (χ0v) is 18.4. The molecule has 9 nitrogen and oxygen atoms in total. The minimum absolute atomic E-state index is 0.